The van der Waals surface area contributed by atoms with Gasteiger partial charge >= 0.3 is 0 Å². The van der Waals surface area contributed by atoms with Crippen molar-refractivity contribution in [2.75, 3.05) is 19.8 Å². The number of aliphatic hydroxyl groups is 1. The van der Waals surface area contributed by atoms with Gasteiger partial charge in [0, 0.05) is 43.4 Å². The molecular weight excluding hydrogens is 448 g/mol. The Kier molecular flexibility index (Phi) is 7.45. The maximum atomic E-state index is 13.2. The lowest BCUT2D eigenvalue weighted by Gasteiger charge is -2.26. The molecule has 1 aliphatic rings. The van der Waals surface area contributed by atoms with Crippen molar-refractivity contribution in [2.45, 2.75) is 32.9 Å². The van der Waals surface area contributed by atoms with Crippen molar-refractivity contribution in [3.8, 4) is 11.5 Å². The summed E-state index contributed by atoms with van der Waals surface area (Å²) < 4.78 is 13.4. The van der Waals surface area contributed by atoms with Crippen molar-refractivity contribution in [1.82, 2.24) is 19.4 Å². The number of aryl methyl sites for hydroxylation is 1. The number of ether oxygens (including phenoxy) is 2. The Morgan fingerprint density at radius 1 is 0.971 bits per heavy atom. The van der Waals surface area contributed by atoms with Crippen LogP contribution in [0.3, 0.4) is 0 Å². The van der Waals surface area contributed by atoms with Gasteiger partial charge in [0.15, 0.2) is 11.5 Å². The molecule has 182 valence electrons. The van der Waals surface area contributed by atoms with Crippen LogP contribution in [0, 0.1) is 0 Å². The van der Waals surface area contributed by atoms with Crippen LogP contribution in [0.5, 0.6) is 11.5 Å². The van der Waals surface area contributed by atoms with E-state index in [0.29, 0.717) is 55.4 Å². The van der Waals surface area contributed by atoms with E-state index in [1.165, 1.54) is 17.3 Å². The molecule has 3 heterocycles. The summed E-state index contributed by atoms with van der Waals surface area (Å²) in [4.78, 5) is 35.9. The van der Waals surface area contributed by atoms with Crippen LogP contribution in [0.4, 0.5) is 0 Å². The molecule has 4 rings (SSSR count). The molecule has 0 saturated carbocycles. The number of carbonyl (C=O) groups is 2. The van der Waals surface area contributed by atoms with Gasteiger partial charge in [-0.3, -0.25) is 14.6 Å². The van der Waals surface area contributed by atoms with Gasteiger partial charge in [-0.1, -0.05) is 6.07 Å². The van der Waals surface area contributed by atoms with Gasteiger partial charge < -0.3 is 24.0 Å². The second-order valence-corrected chi connectivity index (χ2v) is 7.95. The number of rotatable bonds is 10. The van der Waals surface area contributed by atoms with Crippen LogP contribution in [0.1, 0.15) is 37.4 Å². The van der Waals surface area contributed by atoms with E-state index < -0.39 is 17.7 Å². The van der Waals surface area contributed by atoms with Crippen LogP contribution in [-0.2, 0) is 16.1 Å². The number of carbonyl (C=O) groups excluding carboxylic acids is 2. The van der Waals surface area contributed by atoms with Crippen LogP contribution in [0.2, 0.25) is 0 Å². The summed E-state index contributed by atoms with van der Waals surface area (Å²) in [5.41, 5.74) is 1.10. The zero-order valence-electron chi connectivity index (χ0n) is 19.8. The lowest BCUT2D eigenvalue weighted by Crippen LogP contribution is -2.31. The Labute approximate surface area is 203 Å². The normalized spacial score (nSPS) is 17.1. The molecule has 0 spiro atoms. The zero-order valence-corrected chi connectivity index (χ0v) is 19.8. The maximum absolute atomic E-state index is 13.2. The zero-order chi connectivity index (χ0) is 24.8. The third kappa shape index (κ3) is 5.03. The van der Waals surface area contributed by atoms with Crippen molar-refractivity contribution < 1.29 is 24.2 Å². The Morgan fingerprint density at radius 2 is 1.71 bits per heavy atom. The fraction of sp³-hybridized carbons (Fsp3) is 0.308. The summed E-state index contributed by atoms with van der Waals surface area (Å²) in [7, 11) is 0. The minimum atomic E-state index is -0.777. The second-order valence-electron chi connectivity index (χ2n) is 7.95. The van der Waals surface area contributed by atoms with Crippen molar-refractivity contribution in [3.05, 3.63) is 78.1 Å². The van der Waals surface area contributed by atoms with Crippen molar-refractivity contribution in [2.24, 2.45) is 0 Å². The molecule has 1 saturated heterocycles. The summed E-state index contributed by atoms with van der Waals surface area (Å²) in [6, 6.07) is 7.76. The number of likely N-dealkylation sites (tertiary alicyclic amines) is 1. The molecule has 1 amide bonds. The first kappa shape index (κ1) is 24.0. The number of pyridine rings is 1. The van der Waals surface area contributed by atoms with Gasteiger partial charge in [0.25, 0.3) is 11.7 Å². The highest BCUT2D eigenvalue weighted by Gasteiger charge is 2.46. The maximum Gasteiger partial charge on any atom is 0.295 e. The average molecular weight is 477 g/mol. The predicted molar refractivity (Wildman–Crippen MR) is 129 cm³/mol. The van der Waals surface area contributed by atoms with Crippen molar-refractivity contribution in [3.63, 3.8) is 0 Å². The number of Topliss-reactive ketones (excluding diaryl/α,β-unsaturated/α-hetero) is 1. The number of ketones is 1. The van der Waals surface area contributed by atoms with E-state index >= 15 is 0 Å². The topological polar surface area (TPSA) is 107 Å². The highest BCUT2D eigenvalue weighted by atomic mass is 16.5. The standard InChI is InChI=1S/C26H28N4O5/c1-3-34-20-7-6-19(16-21(20)35-4-2)23-22(24(31)18-8-10-27-11-9-18)25(32)26(33)30(23)14-5-13-29-15-12-28-17-29/h6-12,15-17,23,31H,3-5,13-14H2,1-2H3. The van der Waals surface area contributed by atoms with E-state index in [0.717, 1.165) is 0 Å². The number of hydrogen-bond acceptors (Lipinski definition) is 7. The molecule has 1 aliphatic heterocycles. The first-order chi connectivity index (χ1) is 17.0. The summed E-state index contributed by atoms with van der Waals surface area (Å²) in [6.07, 6.45) is 8.89. The fourth-order valence-electron chi connectivity index (χ4n) is 4.20. The minimum Gasteiger partial charge on any atom is -0.507 e. The van der Waals surface area contributed by atoms with E-state index in [-0.39, 0.29) is 11.3 Å². The summed E-state index contributed by atoms with van der Waals surface area (Å²) in [6.45, 7) is 5.59. The Morgan fingerprint density at radius 3 is 2.40 bits per heavy atom. The number of amides is 1. The molecule has 0 bridgehead atoms. The second kappa shape index (κ2) is 10.9. The molecule has 0 aliphatic carbocycles. The molecule has 1 N–H and O–H groups in total. The first-order valence-corrected chi connectivity index (χ1v) is 11.6. The molecular formula is C26H28N4O5. The number of imidazole rings is 1. The van der Waals surface area contributed by atoms with E-state index in [1.807, 2.05) is 24.6 Å². The van der Waals surface area contributed by atoms with Gasteiger partial charge in [0.05, 0.1) is 31.2 Å². The SMILES string of the molecule is CCOc1ccc(C2C(=C(O)c3ccncc3)C(=O)C(=O)N2CCCn2ccnc2)cc1OCC. The van der Waals surface area contributed by atoms with Gasteiger partial charge in [-0.05, 0) is 50.1 Å². The molecule has 9 nitrogen and oxygen atoms in total. The van der Waals surface area contributed by atoms with Gasteiger partial charge in [-0.15, -0.1) is 0 Å². The van der Waals surface area contributed by atoms with Crippen LogP contribution in [-0.4, -0.2) is 56.0 Å². The third-order valence-electron chi connectivity index (χ3n) is 5.75. The van der Waals surface area contributed by atoms with Gasteiger partial charge in [0.1, 0.15) is 5.76 Å². The van der Waals surface area contributed by atoms with Crippen LogP contribution in [0.15, 0.2) is 67.0 Å². The fourth-order valence-corrected chi connectivity index (χ4v) is 4.20. The van der Waals surface area contributed by atoms with Gasteiger partial charge in [-0.2, -0.15) is 0 Å². The molecule has 2 aromatic heterocycles. The molecule has 35 heavy (non-hydrogen) atoms. The number of aromatic nitrogens is 3. The van der Waals surface area contributed by atoms with Crippen molar-refractivity contribution >= 4 is 17.4 Å². The van der Waals surface area contributed by atoms with Crippen LogP contribution < -0.4 is 9.47 Å². The minimum absolute atomic E-state index is 0.0374. The predicted octanol–water partition coefficient (Wildman–Crippen LogP) is 3.59. The average Bonchev–Trinajstić information content (AvgIpc) is 3.48. The number of aliphatic hydroxyl groups excluding tert-OH is 1. The van der Waals surface area contributed by atoms with Crippen molar-refractivity contribution in [1.29, 1.82) is 0 Å². The molecule has 1 atom stereocenters. The largest absolute Gasteiger partial charge is 0.507 e. The smallest absolute Gasteiger partial charge is 0.295 e. The third-order valence-corrected chi connectivity index (χ3v) is 5.75. The van der Waals surface area contributed by atoms with E-state index in [2.05, 4.69) is 9.97 Å². The molecule has 0 radical (unpaired) electrons. The lowest BCUT2D eigenvalue weighted by atomic mass is 9.95. The van der Waals surface area contributed by atoms with E-state index in [4.69, 9.17) is 9.47 Å². The highest BCUT2D eigenvalue weighted by Crippen LogP contribution is 2.42. The summed E-state index contributed by atoms with van der Waals surface area (Å²) in [5, 5.41) is 11.1. The molecule has 1 aromatic carbocycles. The number of benzene rings is 1. The Bertz CT molecular complexity index is 1210. The lowest BCUT2D eigenvalue weighted by molar-refractivity contribution is -0.139. The molecule has 9 heteroatoms. The quantitative estimate of drug-likeness (QED) is 0.271. The summed E-state index contributed by atoms with van der Waals surface area (Å²) in [5.74, 6) is -0.523. The van der Waals surface area contributed by atoms with Crippen LogP contribution >= 0.6 is 0 Å². The molecule has 3 aromatic rings. The van der Waals surface area contributed by atoms with Crippen LogP contribution in [0.25, 0.3) is 5.76 Å². The Hall–Kier alpha value is -4.14. The van der Waals surface area contributed by atoms with Gasteiger partial charge in [0.2, 0.25) is 0 Å². The number of nitrogens with zero attached hydrogens (tertiary/aromatic N) is 4. The Balaban J connectivity index is 1.77. The van der Waals surface area contributed by atoms with E-state index in [9.17, 15) is 14.7 Å². The first-order valence-electron chi connectivity index (χ1n) is 11.6. The highest BCUT2D eigenvalue weighted by molar-refractivity contribution is 6.46. The van der Waals surface area contributed by atoms with E-state index in [1.54, 1.807) is 42.9 Å². The monoisotopic (exact) mass is 476 g/mol. The molecule has 1 unspecified atom stereocenters. The number of hydrogen-bond donors (Lipinski definition) is 1. The van der Waals surface area contributed by atoms with Gasteiger partial charge in [-0.25, -0.2) is 4.98 Å². The summed E-state index contributed by atoms with van der Waals surface area (Å²) >= 11 is 0. The molecule has 1 fully saturated rings.